The predicted molar refractivity (Wildman–Crippen MR) is 158 cm³/mol. The Labute approximate surface area is 248 Å². The Kier molecular flexibility index (Phi) is 8.52. The first kappa shape index (κ1) is 28.6. The highest BCUT2D eigenvalue weighted by Gasteiger charge is 2.27. The topological polar surface area (TPSA) is 158 Å². The molecule has 13 nitrogen and oxygen atoms in total. The Hall–Kier alpha value is -4.49. The summed E-state index contributed by atoms with van der Waals surface area (Å²) >= 11 is 0. The van der Waals surface area contributed by atoms with Crippen molar-refractivity contribution in [3.05, 3.63) is 42.2 Å². The molecule has 3 aliphatic rings. The zero-order valence-corrected chi connectivity index (χ0v) is 23.9. The Morgan fingerprint density at radius 2 is 1.77 bits per heavy atom. The molecule has 3 fully saturated rings. The van der Waals surface area contributed by atoms with Crippen LogP contribution in [0.2, 0.25) is 0 Å². The van der Waals surface area contributed by atoms with E-state index in [0.29, 0.717) is 37.0 Å². The monoisotopic (exact) mass is 592 g/mol. The largest absolute Gasteiger partial charge is 0.379 e. The van der Waals surface area contributed by atoms with E-state index in [9.17, 15) is 18.8 Å². The van der Waals surface area contributed by atoms with Crippen LogP contribution in [0, 0.1) is 5.82 Å². The van der Waals surface area contributed by atoms with Crippen molar-refractivity contribution in [2.75, 3.05) is 35.6 Å². The van der Waals surface area contributed by atoms with Crippen LogP contribution in [0.5, 0.6) is 0 Å². The molecule has 3 aromatic heterocycles. The maximum atomic E-state index is 14.1. The molecule has 0 bridgehead atoms. The number of imidazole rings is 1. The van der Waals surface area contributed by atoms with E-state index < -0.39 is 11.7 Å². The van der Waals surface area contributed by atoms with Gasteiger partial charge in [0.05, 0.1) is 23.8 Å². The van der Waals surface area contributed by atoms with Gasteiger partial charge in [-0.05, 0) is 57.4 Å². The SMILES string of the molecule is O=C(NCCCN1CCCC1=O)NC1CCC(Nc2cc(NC3CC3)c3ncc(C(=O)Nc4ccncc4F)n3n2)CC1. The zero-order valence-electron chi connectivity index (χ0n) is 23.9. The molecule has 2 aliphatic carbocycles. The van der Waals surface area contributed by atoms with Gasteiger partial charge in [0, 0.05) is 56.4 Å². The van der Waals surface area contributed by atoms with E-state index in [4.69, 9.17) is 0 Å². The minimum atomic E-state index is -0.631. The third-order valence-electron chi connectivity index (χ3n) is 8.13. The van der Waals surface area contributed by atoms with Crippen LogP contribution in [0.1, 0.15) is 68.3 Å². The lowest BCUT2D eigenvalue weighted by molar-refractivity contribution is -0.127. The van der Waals surface area contributed by atoms with Crippen LogP contribution < -0.4 is 26.6 Å². The lowest BCUT2D eigenvalue weighted by Crippen LogP contribution is -2.45. The number of rotatable bonds is 11. The highest BCUT2D eigenvalue weighted by atomic mass is 19.1. The molecule has 228 valence electrons. The molecule has 6 rings (SSSR count). The second kappa shape index (κ2) is 12.8. The number of likely N-dealkylation sites (tertiary alicyclic amines) is 1. The Morgan fingerprint density at radius 3 is 2.51 bits per heavy atom. The standard InChI is InChI=1S/C29H37FN10O3/c30-21-16-31-12-10-22(21)37-28(42)24-17-33-27-23(34-18-4-5-18)15-25(38-40(24)27)35-19-6-8-20(9-7-19)36-29(43)32-11-2-14-39-13-1-3-26(39)41/h10,12,15-20,34H,1-9,11,13-14H2,(H,35,38)(H,31,37,42)(H2,32,36,43). The summed E-state index contributed by atoms with van der Waals surface area (Å²) in [4.78, 5) is 47.2. The maximum Gasteiger partial charge on any atom is 0.315 e. The highest BCUT2D eigenvalue weighted by molar-refractivity contribution is 6.03. The van der Waals surface area contributed by atoms with Crippen LogP contribution in [0.3, 0.4) is 0 Å². The molecule has 43 heavy (non-hydrogen) atoms. The summed E-state index contributed by atoms with van der Waals surface area (Å²) in [5, 5.41) is 20.2. The number of carbonyl (C=O) groups is 3. The molecular weight excluding hydrogens is 555 g/mol. The average molecular weight is 593 g/mol. The van der Waals surface area contributed by atoms with Gasteiger partial charge in [-0.3, -0.25) is 14.6 Å². The Bertz CT molecular complexity index is 1480. The minimum Gasteiger partial charge on any atom is -0.379 e. The summed E-state index contributed by atoms with van der Waals surface area (Å²) in [6.07, 6.45) is 11.6. The number of pyridine rings is 1. The summed E-state index contributed by atoms with van der Waals surface area (Å²) in [5.41, 5.74) is 1.50. The van der Waals surface area contributed by atoms with Crippen molar-refractivity contribution in [3.63, 3.8) is 0 Å². The van der Waals surface area contributed by atoms with E-state index in [1.807, 2.05) is 11.0 Å². The van der Waals surface area contributed by atoms with Gasteiger partial charge in [-0.2, -0.15) is 0 Å². The third kappa shape index (κ3) is 7.12. The van der Waals surface area contributed by atoms with E-state index in [1.54, 1.807) is 0 Å². The predicted octanol–water partition coefficient (Wildman–Crippen LogP) is 3.12. The molecule has 4 heterocycles. The molecule has 0 atom stereocenters. The van der Waals surface area contributed by atoms with Crippen molar-refractivity contribution in [3.8, 4) is 0 Å². The molecule has 0 spiro atoms. The quantitative estimate of drug-likeness (QED) is 0.213. The summed E-state index contributed by atoms with van der Waals surface area (Å²) in [6.45, 7) is 2.03. The van der Waals surface area contributed by atoms with Crippen LogP contribution in [-0.4, -0.2) is 80.1 Å². The molecule has 2 saturated carbocycles. The number of urea groups is 1. The lowest BCUT2D eigenvalue weighted by Gasteiger charge is -2.30. The first-order valence-electron chi connectivity index (χ1n) is 15.1. The molecule has 4 amide bonds. The van der Waals surface area contributed by atoms with Gasteiger partial charge in [-0.1, -0.05) is 0 Å². The van der Waals surface area contributed by atoms with Gasteiger partial charge in [0.2, 0.25) is 5.91 Å². The number of hydrogen-bond acceptors (Lipinski definition) is 8. The lowest BCUT2D eigenvalue weighted by atomic mass is 9.91. The maximum absolute atomic E-state index is 14.1. The summed E-state index contributed by atoms with van der Waals surface area (Å²) in [7, 11) is 0. The van der Waals surface area contributed by atoms with E-state index in [-0.39, 0.29) is 35.4 Å². The number of aromatic nitrogens is 4. The van der Waals surface area contributed by atoms with Gasteiger partial charge >= 0.3 is 6.03 Å². The van der Waals surface area contributed by atoms with Crippen molar-refractivity contribution in [2.24, 2.45) is 0 Å². The highest BCUT2D eigenvalue weighted by Crippen LogP contribution is 2.30. The van der Waals surface area contributed by atoms with Crippen LogP contribution in [0.25, 0.3) is 5.65 Å². The van der Waals surface area contributed by atoms with Crippen molar-refractivity contribution in [1.29, 1.82) is 0 Å². The number of fused-ring (bicyclic) bond motifs is 1. The number of nitrogens with one attached hydrogen (secondary N) is 5. The molecule has 1 saturated heterocycles. The van der Waals surface area contributed by atoms with Gasteiger partial charge in [0.25, 0.3) is 5.91 Å². The molecule has 14 heteroatoms. The van der Waals surface area contributed by atoms with Crippen molar-refractivity contribution in [2.45, 2.75) is 75.9 Å². The fraction of sp³-hybridized carbons (Fsp3) is 0.517. The summed E-state index contributed by atoms with van der Waals surface area (Å²) in [5.74, 6) is -0.361. The third-order valence-corrected chi connectivity index (χ3v) is 8.13. The second-order valence-electron chi connectivity index (χ2n) is 11.5. The number of anilines is 3. The van der Waals surface area contributed by atoms with E-state index in [0.717, 1.165) is 69.8 Å². The van der Waals surface area contributed by atoms with Crippen LogP contribution in [0.15, 0.2) is 30.7 Å². The first-order valence-corrected chi connectivity index (χ1v) is 15.1. The van der Waals surface area contributed by atoms with Crippen molar-refractivity contribution in [1.82, 2.24) is 35.1 Å². The van der Waals surface area contributed by atoms with Gasteiger partial charge in [0.1, 0.15) is 5.82 Å². The molecule has 1 aliphatic heterocycles. The smallest absolute Gasteiger partial charge is 0.315 e. The molecule has 0 radical (unpaired) electrons. The summed E-state index contributed by atoms with van der Waals surface area (Å²) < 4.78 is 15.6. The average Bonchev–Trinajstić information content (AvgIpc) is 3.55. The first-order chi connectivity index (χ1) is 20.9. The minimum absolute atomic E-state index is 0.0261. The van der Waals surface area contributed by atoms with Crippen LogP contribution >= 0.6 is 0 Å². The van der Waals surface area contributed by atoms with Crippen molar-refractivity contribution < 1.29 is 18.8 Å². The van der Waals surface area contributed by atoms with Crippen molar-refractivity contribution >= 4 is 40.7 Å². The fourth-order valence-electron chi connectivity index (χ4n) is 5.65. The van der Waals surface area contributed by atoms with E-state index in [1.165, 1.54) is 23.0 Å². The van der Waals surface area contributed by atoms with E-state index in [2.05, 4.69) is 41.7 Å². The Balaban J connectivity index is 1.04. The fourth-order valence-corrected chi connectivity index (χ4v) is 5.65. The van der Waals surface area contributed by atoms with Gasteiger partial charge in [0.15, 0.2) is 17.2 Å². The van der Waals surface area contributed by atoms with Crippen LogP contribution in [-0.2, 0) is 4.79 Å². The molecular formula is C29H37FN10O3. The van der Waals surface area contributed by atoms with Gasteiger partial charge < -0.3 is 31.5 Å². The van der Waals surface area contributed by atoms with Crippen LogP contribution in [0.4, 0.5) is 26.4 Å². The molecule has 0 unspecified atom stereocenters. The van der Waals surface area contributed by atoms with Gasteiger partial charge in [-0.25, -0.2) is 18.7 Å². The van der Waals surface area contributed by atoms with E-state index >= 15 is 0 Å². The number of carbonyl (C=O) groups excluding carboxylic acids is 3. The number of halogens is 1. The molecule has 0 aromatic carbocycles. The number of hydrogen-bond donors (Lipinski definition) is 5. The Morgan fingerprint density at radius 1 is 1.00 bits per heavy atom. The molecule has 3 aromatic rings. The van der Waals surface area contributed by atoms with Gasteiger partial charge in [-0.15, -0.1) is 5.10 Å². The summed E-state index contributed by atoms with van der Waals surface area (Å²) in [6, 6.07) is 3.71. The zero-order chi connectivity index (χ0) is 29.8. The molecule has 5 N–H and O–H groups in total. The number of nitrogens with zero attached hydrogens (tertiary/aromatic N) is 5. The normalized spacial score (nSPS) is 20.2. The number of amides is 4. The second-order valence-corrected chi connectivity index (χ2v) is 11.5.